The summed E-state index contributed by atoms with van der Waals surface area (Å²) in [5.74, 6) is 0. The van der Waals surface area contributed by atoms with Crippen molar-refractivity contribution in [3.8, 4) is 0 Å². The first-order valence-corrected chi connectivity index (χ1v) is 7.21. The normalized spacial score (nSPS) is 16.9. The molecular weight excluding hydrogens is 254 g/mol. The summed E-state index contributed by atoms with van der Waals surface area (Å²) in [6.45, 7) is 4.38. The highest BCUT2D eigenvalue weighted by atomic mass is 32.1. The van der Waals surface area contributed by atoms with Crippen LogP contribution in [0.3, 0.4) is 0 Å². The summed E-state index contributed by atoms with van der Waals surface area (Å²) in [4.78, 5) is 5.28. The summed E-state index contributed by atoms with van der Waals surface area (Å²) in [7, 11) is 4.34. The molecule has 104 valence electrons. The van der Waals surface area contributed by atoms with Crippen LogP contribution in [0.25, 0.3) is 0 Å². The Kier molecular flexibility index (Phi) is 4.42. The SMILES string of the molecule is Cc1cc(C(N)=S)ccc1N1CCC(N(C)C)CC1. The topological polar surface area (TPSA) is 32.5 Å². The second-order valence-electron chi connectivity index (χ2n) is 5.55. The highest BCUT2D eigenvalue weighted by Gasteiger charge is 2.21. The van der Waals surface area contributed by atoms with Gasteiger partial charge in [0, 0.05) is 30.4 Å². The molecule has 1 aliphatic heterocycles. The molecule has 0 aliphatic carbocycles. The Balaban J connectivity index is 2.09. The van der Waals surface area contributed by atoms with E-state index in [-0.39, 0.29) is 0 Å². The largest absolute Gasteiger partial charge is 0.389 e. The predicted molar refractivity (Wildman–Crippen MR) is 86.0 cm³/mol. The quantitative estimate of drug-likeness (QED) is 0.858. The van der Waals surface area contributed by atoms with Gasteiger partial charge in [0.25, 0.3) is 0 Å². The van der Waals surface area contributed by atoms with Gasteiger partial charge < -0.3 is 15.5 Å². The minimum absolute atomic E-state index is 0.473. The van der Waals surface area contributed by atoms with Crippen LogP contribution in [0.5, 0.6) is 0 Å². The highest BCUT2D eigenvalue weighted by Crippen LogP contribution is 2.25. The fourth-order valence-corrected chi connectivity index (χ4v) is 2.91. The lowest BCUT2D eigenvalue weighted by Gasteiger charge is -2.37. The van der Waals surface area contributed by atoms with Crippen LogP contribution < -0.4 is 10.6 Å². The summed E-state index contributed by atoms with van der Waals surface area (Å²) in [5.41, 5.74) is 9.21. The van der Waals surface area contributed by atoms with Crippen LogP contribution in [0.1, 0.15) is 24.0 Å². The third-order valence-electron chi connectivity index (χ3n) is 4.02. The Morgan fingerprint density at radius 2 is 1.95 bits per heavy atom. The van der Waals surface area contributed by atoms with Crippen LogP contribution in [0.4, 0.5) is 5.69 Å². The maximum Gasteiger partial charge on any atom is 0.103 e. The van der Waals surface area contributed by atoms with Gasteiger partial charge in [0.15, 0.2) is 0 Å². The number of nitrogens with two attached hydrogens (primary N) is 1. The van der Waals surface area contributed by atoms with Crippen molar-refractivity contribution in [1.82, 2.24) is 4.90 Å². The van der Waals surface area contributed by atoms with Gasteiger partial charge in [-0.3, -0.25) is 0 Å². The number of anilines is 1. The van der Waals surface area contributed by atoms with Gasteiger partial charge in [-0.25, -0.2) is 0 Å². The zero-order valence-electron chi connectivity index (χ0n) is 12.0. The van der Waals surface area contributed by atoms with Gasteiger partial charge in [-0.1, -0.05) is 12.2 Å². The van der Waals surface area contributed by atoms with E-state index in [2.05, 4.69) is 43.0 Å². The average Bonchev–Trinajstić information content (AvgIpc) is 2.38. The molecule has 0 bridgehead atoms. The molecule has 0 amide bonds. The second kappa shape index (κ2) is 5.88. The van der Waals surface area contributed by atoms with E-state index in [4.69, 9.17) is 18.0 Å². The molecule has 3 nitrogen and oxygen atoms in total. The first-order chi connectivity index (χ1) is 8.99. The number of benzene rings is 1. The van der Waals surface area contributed by atoms with E-state index >= 15 is 0 Å². The monoisotopic (exact) mass is 277 g/mol. The number of rotatable bonds is 3. The van der Waals surface area contributed by atoms with Gasteiger partial charge >= 0.3 is 0 Å². The molecular formula is C15H23N3S. The predicted octanol–water partition coefficient (Wildman–Crippen LogP) is 2.16. The third-order valence-corrected chi connectivity index (χ3v) is 4.25. The van der Waals surface area contributed by atoms with E-state index in [1.165, 1.54) is 24.1 Å². The van der Waals surface area contributed by atoms with Gasteiger partial charge in [-0.05, 0) is 57.6 Å². The molecule has 1 saturated heterocycles. The van der Waals surface area contributed by atoms with Crippen LogP contribution >= 0.6 is 12.2 Å². The Morgan fingerprint density at radius 1 is 1.32 bits per heavy atom. The van der Waals surface area contributed by atoms with E-state index < -0.39 is 0 Å². The first-order valence-electron chi connectivity index (χ1n) is 6.81. The summed E-state index contributed by atoms with van der Waals surface area (Å²) >= 11 is 5.02. The minimum Gasteiger partial charge on any atom is -0.389 e. The van der Waals surface area contributed by atoms with E-state index in [0.29, 0.717) is 11.0 Å². The van der Waals surface area contributed by atoms with Gasteiger partial charge in [0.1, 0.15) is 4.99 Å². The molecule has 2 rings (SSSR count). The lowest BCUT2D eigenvalue weighted by molar-refractivity contribution is 0.249. The molecule has 2 N–H and O–H groups in total. The number of hydrogen-bond acceptors (Lipinski definition) is 3. The smallest absolute Gasteiger partial charge is 0.103 e. The molecule has 19 heavy (non-hydrogen) atoms. The van der Waals surface area contributed by atoms with Crippen molar-refractivity contribution in [3.63, 3.8) is 0 Å². The molecule has 1 fully saturated rings. The Hall–Kier alpha value is -1.13. The van der Waals surface area contributed by atoms with E-state index in [0.717, 1.165) is 18.7 Å². The molecule has 0 radical (unpaired) electrons. The van der Waals surface area contributed by atoms with Crippen molar-refractivity contribution >= 4 is 22.9 Å². The third kappa shape index (κ3) is 3.25. The molecule has 1 aliphatic rings. The molecule has 1 aromatic carbocycles. The van der Waals surface area contributed by atoms with E-state index in [1.54, 1.807) is 0 Å². The molecule has 0 saturated carbocycles. The maximum atomic E-state index is 5.67. The Labute approximate surface area is 121 Å². The first kappa shape index (κ1) is 14.3. The maximum absolute atomic E-state index is 5.67. The molecule has 0 atom stereocenters. The summed E-state index contributed by atoms with van der Waals surface area (Å²) in [6.07, 6.45) is 2.45. The van der Waals surface area contributed by atoms with E-state index in [1.807, 2.05) is 6.07 Å². The zero-order valence-corrected chi connectivity index (χ0v) is 12.8. The highest BCUT2D eigenvalue weighted by molar-refractivity contribution is 7.80. The number of hydrogen-bond donors (Lipinski definition) is 1. The molecule has 0 aromatic heterocycles. The van der Waals surface area contributed by atoms with Crippen LogP contribution in [-0.2, 0) is 0 Å². The van der Waals surface area contributed by atoms with Gasteiger partial charge in [-0.2, -0.15) is 0 Å². The van der Waals surface area contributed by atoms with Crippen molar-refractivity contribution < 1.29 is 0 Å². The van der Waals surface area contributed by atoms with Gasteiger partial charge in [0.05, 0.1) is 0 Å². The fourth-order valence-electron chi connectivity index (χ4n) is 2.79. The number of thiocarbonyl (C=S) groups is 1. The van der Waals surface area contributed by atoms with Crippen molar-refractivity contribution in [2.45, 2.75) is 25.8 Å². The second-order valence-corrected chi connectivity index (χ2v) is 5.99. The molecule has 4 heteroatoms. The van der Waals surface area contributed by atoms with Crippen molar-refractivity contribution in [2.24, 2.45) is 5.73 Å². The molecule has 0 spiro atoms. The zero-order chi connectivity index (χ0) is 14.0. The average molecular weight is 277 g/mol. The Bertz CT molecular complexity index is 462. The van der Waals surface area contributed by atoms with Crippen molar-refractivity contribution in [1.29, 1.82) is 0 Å². The minimum atomic E-state index is 0.473. The van der Waals surface area contributed by atoms with Crippen LogP contribution in [0.15, 0.2) is 18.2 Å². The number of nitrogens with zero attached hydrogens (tertiary/aromatic N) is 2. The molecule has 1 aromatic rings. The van der Waals surface area contributed by atoms with Crippen LogP contribution in [0, 0.1) is 6.92 Å². The Morgan fingerprint density at radius 3 is 2.42 bits per heavy atom. The number of aryl methyl sites for hydroxylation is 1. The summed E-state index contributed by atoms with van der Waals surface area (Å²) in [6, 6.07) is 6.99. The van der Waals surface area contributed by atoms with Gasteiger partial charge in [-0.15, -0.1) is 0 Å². The van der Waals surface area contributed by atoms with Crippen molar-refractivity contribution in [2.75, 3.05) is 32.1 Å². The fraction of sp³-hybridized carbons (Fsp3) is 0.533. The van der Waals surface area contributed by atoms with E-state index in [9.17, 15) is 0 Å². The molecule has 1 heterocycles. The van der Waals surface area contributed by atoms with Crippen molar-refractivity contribution in [3.05, 3.63) is 29.3 Å². The van der Waals surface area contributed by atoms with Crippen LogP contribution in [-0.4, -0.2) is 43.1 Å². The molecule has 0 unspecified atom stereocenters. The summed E-state index contributed by atoms with van der Waals surface area (Å²) < 4.78 is 0. The lowest BCUT2D eigenvalue weighted by atomic mass is 10.0. The van der Waals surface area contributed by atoms with Gasteiger partial charge in [0.2, 0.25) is 0 Å². The summed E-state index contributed by atoms with van der Waals surface area (Å²) in [5, 5.41) is 0. The number of piperidine rings is 1. The lowest BCUT2D eigenvalue weighted by Crippen LogP contribution is -2.42. The standard InChI is InChI=1S/C15H23N3S/c1-11-10-12(15(16)19)4-5-14(11)18-8-6-13(7-9-18)17(2)3/h4-5,10,13H,6-9H2,1-3H3,(H2,16,19). The van der Waals surface area contributed by atoms with Crippen LogP contribution in [0.2, 0.25) is 0 Å².